The fourth-order valence-electron chi connectivity index (χ4n) is 3.43. The number of piperidine rings is 1. The number of likely N-dealkylation sites (tertiary alicyclic amines) is 1. The minimum Gasteiger partial charge on any atom is -0.303 e. The minimum atomic E-state index is 0.711. The molecule has 0 aliphatic carbocycles. The van der Waals surface area contributed by atoms with Crippen molar-refractivity contribution in [1.82, 2.24) is 14.7 Å². The van der Waals surface area contributed by atoms with Crippen LogP contribution < -0.4 is 0 Å². The molecule has 2 fully saturated rings. The van der Waals surface area contributed by atoms with Crippen LogP contribution in [0, 0.1) is 5.92 Å². The summed E-state index contributed by atoms with van der Waals surface area (Å²) in [5.41, 5.74) is 0. The van der Waals surface area contributed by atoms with Gasteiger partial charge in [0.2, 0.25) is 0 Å². The second-order valence-corrected chi connectivity index (χ2v) is 6.74. The van der Waals surface area contributed by atoms with Crippen LogP contribution in [-0.2, 0) is 0 Å². The molecule has 0 spiro atoms. The Kier molecular flexibility index (Phi) is 6.53. The Morgan fingerprint density at radius 3 is 2.00 bits per heavy atom. The molecule has 0 radical (unpaired) electrons. The molecule has 2 aliphatic rings. The topological polar surface area (TPSA) is 9.72 Å². The molecule has 0 aromatic heterocycles. The Balaban J connectivity index is 1.55. The third kappa shape index (κ3) is 4.87. The molecule has 3 nitrogen and oxygen atoms in total. The molecule has 0 unspecified atom stereocenters. The monoisotopic (exact) mass is 279 g/mol. The van der Waals surface area contributed by atoms with E-state index in [1.54, 1.807) is 0 Å². The van der Waals surface area contributed by atoms with Crippen LogP contribution in [0.4, 0.5) is 0 Å². The van der Waals surface area contributed by atoms with Crippen LogP contribution in [0.15, 0.2) is 12.7 Å². The van der Waals surface area contributed by atoms with Crippen molar-refractivity contribution in [3.63, 3.8) is 0 Å². The molecule has 0 bridgehead atoms. The van der Waals surface area contributed by atoms with Crippen molar-refractivity contribution >= 4 is 0 Å². The van der Waals surface area contributed by atoms with Crippen LogP contribution in [0.1, 0.15) is 33.1 Å². The third-order valence-corrected chi connectivity index (χ3v) is 5.05. The van der Waals surface area contributed by atoms with Gasteiger partial charge in [0, 0.05) is 32.2 Å². The molecular weight excluding hydrogens is 246 g/mol. The summed E-state index contributed by atoms with van der Waals surface area (Å²) in [4.78, 5) is 7.89. The van der Waals surface area contributed by atoms with Gasteiger partial charge in [0.15, 0.2) is 0 Å². The normalized spacial score (nSPS) is 24.4. The van der Waals surface area contributed by atoms with Crippen molar-refractivity contribution < 1.29 is 0 Å². The van der Waals surface area contributed by atoms with E-state index in [-0.39, 0.29) is 0 Å². The molecule has 0 saturated carbocycles. The predicted octanol–water partition coefficient (Wildman–Crippen LogP) is 2.30. The Bertz CT molecular complexity index is 274. The van der Waals surface area contributed by atoms with Crippen LogP contribution in [0.3, 0.4) is 0 Å². The van der Waals surface area contributed by atoms with E-state index in [9.17, 15) is 0 Å². The van der Waals surface area contributed by atoms with E-state index >= 15 is 0 Å². The van der Waals surface area contributed by atoms with Gasteiger partial charge in [0.25, 0.3) is 0 Å². The number of piperazine rings is 1. The molecule has 0 aromatic rings. The second kappa shape index (κ2) is 8.16. The van der Waals surface area contributed by atoms with Crippen molar-refractivity contribution in [2.45, 2.75) is 39.2 Å². The van der Waals surface area contributed by atoms with Crippen molar-refractivity contribution in [2.75, 3.05) is 52.4 Å². The van der Waals surface area contributed by atoms with Crippen LogP contribution >= 0.6 is 0 Å². The van der Waals surface area contributed by atoms with Crippen LogP contribution in [-0.4, -0.2) is 73.1 Å². The molecular formula is C17H33N3. The van der Waals surface area contributed by atoms with Crippen LogP contribution in [0.2, 0.25) is 0 Å². The van der Waals surface area contributed by atoms with E-state index in [0.29, 0.717) is 6.04 Å². The number of hydrogen-bond acceptors (Lipinski definition) is 3. The highest BCUT2D eigenvalue weighted by molar-refractivity contribution is 4.84. The molecule has 2 saturated heterocycles. The summed E-state index contributed by atoms with van der Waals surface area (Å²) < 4.78 is 0. The summed E-state index contributed by atoms with van der Waals surface area (Å²) in [6, 6.07) is 0.711. The number of hydrogen-bond donors (Lipinski definition) is 0. The Morgan fingerprint density at radius 1 is 0.950 bits per heavy atom. The Labute approximate surface area is 125 Å². The summed E-state index contributed by atoms with van der Waals surface area (Å²) in [7, 11) is 0. The number of nitrogens with zero attached hydrogens (tertiary/aromatic N) is 3. The van der Waals surface area contributed by atoms with E-state index in [4.69, 9.17) is 0 Å². The zero-order chi connectivity index (χ0) is 14.4. The summed E-state index contributed by atoms with van der Waals surface area (Å²) in [6.07, 6.45) is 6.11. The van der Waals surface area contributed by atoms with Gasteiger partial charge >= 0.3 is 0 Å². The average Bonchev–Trinajstić information content (AvgIpc) is 2.48. The van der Waals surface area contributed by atoms with Crippen LogP contribution in [0.25, 0.3) is 0 Å². The highest BCUT2D eigenvalue weighted by Gasteiger charge is 2.19. The van der Waals surface area contributed by atoms with Crippen molar-refractivity contribution in [1.29, 1.82) is 0 Å². The van der Waals surface area contributed by atoms with E-state index in [2.05, 4.69) is 41.2 Å². The fraction of sp³-hybridized carbons (Fsp3) is 0.882. The summed E-state index contributed by atoms with van der Waals surface area (Å²) in [6.45, 7) is 18.7. The first-order valence-corrected chi connectivity index (χ1v) is 8.50. The quantitative estimate of drug-likeness (QED) is 0.691. The maximum absolute atomic E-state index is 3.92. The first-order chi connectivity index (χ1) is 9.69. The van der Waals surface area contributed by atoms with E-state index < -0.39 is 0 Å². The molecule has 3 heteroatoms. The summed E-state index contributed by atoms with van der Waals surface area (Å²) >= 11 is 0. The van der Waals surface area contributed by atoms with Crippen molar-refractivity contribution in [2.24, 2.45) is 5.92 Å². The van der Waals surface area contributed by atoms with Crippen LogP contribution in [0.5, 0.6) is 0 Å². The average molecular weight is 279 g/mol. The molecule has 0 amide bonds. The van der Waals surface area contributed by atoms with Gasteiger partial charge in [0.1, 0.15) is 0 Å². The number of rotatable bonds is 6. The lowest BCUT2D eigenvalue weighted by Crippen LogP contribution is -2.49. The first-order valence-electron chi connectivity index (χ1n) is 8.50. The molecule has 0 aromatic carbocycles. The maximum atomic E-state index is 3.92. The highest BCUT2D eigenvalue weighted by atomic mass is 15.3. The second-order valence-electron chi connectivity index (χ2n) is 6.74. The SMILES string of the molecule is C=CC1CCN(CCCN2CCN(C(C)C)CC2)CC1. The highest BCUT2D eigenvalue weighted by Crippen LogP contribution is 2.17. The Hall–Kier alpha value is -0.380. The third-order valence-electron chi connectivity index (χ3n) is 5.05. The van der Waals surface area contributed by atoms with E-state index in [1.165, 1.54) is 71.6 Å². The van der Waals surface area contributed by atoms with Gasteiger partial charge in [-0.2, -0.15) is 0 Å². The summed E-state index contributed by atoms with van der Waals surface area (Å²) in [5.74, 6) is 0.773. The lowest BCUT2D eigenvalue weighted by molar-refractivity contribution is 0.103. The smallest absolute Gasteiger partial charge is 0.0113 e. The lowest BCUT2D eigenvalue weighted by Gasteiger charge is -2.37. The van der Waals surface area contributed by atoms with Gasteiger partial charge in [-0.05, 0) is 65.2 Å². The van der Waals surface area contributed by atoms with Gasteiger partial charge in [-0.1, -0.05) is 6.08 Å². The largest absolute Gasteiger partial charge is 0.303 e. The molecule has 116 valence electrons. The first kappa shape index (κ1) is 16.0. The van der Waals surface area contributed by atoms with Crippen molar-refractivity contribution in [3.8, 4) is 0 Å². The summed E-state index contributed by atoms with van der Waals surface area (Å²) in [5, 5.41) is 0. The predicted molar refractivity (Wildman–Crippen MR) is 87.1 cm³/mol. The molecule has 20 heavy (non-hydrogen) atoms. The molecule has 0 N–H and O–H groups in total. The van der Waals surface area contributed by atoms with Gasteiger partial charge < -0.3 is 9.80 Å². The zero-order valence-corrected chi connectivity index (χ0v) is 13.6. The minimum absolute atomic E-state index is 0.711. The van der Waals surface area contributed by atoms with Gasteiger partial charge in [-0.25, -0.2) is 0 Å². The van der Waals surface area contributed by atoms with E-state index in [0.717, 1.165) is 5.92 Å². The van der Waals surface area contributed by atoms with Gasteiger partial charge in [-0.3, -0.25) is 4.90 Å². The molecule has 0 atom stereocenters. The molecule has 2 rings (SSSR count). The van der Waals surface area contributed by atoms with E-state index in [1.807, 2.05) is 0 Å². The molecule has 2 aliphatic heterocycles. The van der Waals surface area contributed by atoms with Crippen molar-refractivity contribution in [3.05, 3.63) is 12.7 Å². The standard InChI is InChI=1S/C17H33N3/c1-4-17-6-10-18(11-7-17)8-5-9-19-12-14-20(15-13-19)16(2)3/h4,16-17H,1,5-15H2,2-3H3. The van der Waals surface area contributed by atoms with Gasteiger partial charge in [0.05, 0.1) is 0 Å². The maximum Gasteiger partial charge on any atom is 0.0113 e. The fourth-order valence-corrected chi connectivity index (χ4v) is 3.43. The lowest BCUT2D eigenvalue weighted by atomic mass is 9.97. The van der Waals surface area contributed by atoms with Gasteiger partial charge in [-0.15, -0.1) is 6.58 Å². The number of allylic oxidation sites excluding steroid dienone is 1. The Morgan fingerprint density at radius 2 is 1.50 bits per heavy atom. The zero-order valence-electron chi connectivity index (χ0n) is 13.6. The molecule has 2 heterocycles.